The van der Waals surface area contributed by atoms with E-state index in [1.807, 2.05) is 6.26 Å². The highest BCUT2D eigenvalue weighted by molar-refractivity contribution is 8.12. The van der Waals surface area contributed by atoms with E-state index < -0.39 is 5.97 Å². The maximum Gasteiger partial charge on any atom is 0.305 e. The van der Waals surface area contributed by atoms with Crippen molar-refractivity contribution >= 4 is 22.9 Å². The third-order valence-electron chi connectivity index (χ3n) is 2.00. The van der Waals surface area contributed by atoms with Crippen LogP contribution in [0, 0.1) is 0 Å². The smallest absolute Gasteiger partial charge is 0.305 e. The Hall–Kier alpha value is -0.0200. The highest BCUT2D eigenvalue weighted by Crippen LogP contribution is 1.95. The van der Waals surface area contributed by atoms with E-state index in [-0.39, 0.29) is 30.4 Å². The van der Waals surface area contributed by atoms with Crippen molar-refractivity contribution in [1.82, 2.24) is 10.2 Å². The molecule has 1 aliphatic heterocycles. The number of carboxylic acids is 1. The number of hydrogen-bond donors (Lipinski definition) is 3. The Balaban J connectivity index is 0.00000196. The Morgan fingerprint density at radius 1 is 1.73 bits per heavy atom. The third-order valence-corrected chi connectivity index (χ3v) is 2.69. The molecule has 0 aliphatic carbocycles. The lowest BCUT2D eigenvalue weighted by atomic mass is 10.3. The van der Waals surface area contributed by atoms with Crippen LogP contribution in [0.25, 0.3) is 0 Å². The van der Waals surface area contributed by atoms with Crippen LogP contribution in [0.5, 0.6) is 0 Å². The molecule has 0 radical (unpaired) electrons. The molecular formula is C8H16IN3O2S. The highest BCUT2D eigenvalue weighted by Gasteiger charge is 2.15. The van der Waals surface area contributed by atoms with Crippen LogP contribution < -0.4 is 34.3 Å². The first kappa shape index (κ1) is 15.0. The molecule has 1 aliphatic rings. The largest absolute Gasteiger partial charge is 1.00 e. The highest BCUT2D eigenvalue weighted by atomic mass is 127. The second kappa shape index (κ2) is 8.17. The van der Waals surface area contributed by atoms with Gasteiger partial charge in [-0.05, 0) is 24.4 Å². The molecule has 0 spiro atoms. The number of amidine groups is 1. The predicted molar refractivity (Wildman–Crippen MR) is 55.9 cm³/mol. The monoisotopic (exact) mass is 345 g/mol. The maximum absolute atomic E-state index is 10.3. The summed E-state index contributed by atoms with van der Waals surface area (Å²) in [4.78, 5) is 15.6. The van der Waals surface area contributed by atoms with Gasteiger partial charge in [0, 0.05) is 13.0 Å². The van der Waals surface area contributed by atoms with Crippen LogP contribution >= 0.6 is 11.8 Å². The van der Waals surface area contributed by atoms with E-state index >= 15 is 0 Å². The number of carboxylic acid groups (broad SMARTS) is 1. The molecule has 88 valence electrons. The van der Waals surface area contributed by atoms with Gasteiger partial charge in [0.05, 0.1) is 0 Å². The summed E-state index contributed by atoms with van der Waals surface area (Å²) in [5, 5.41) is 12.8. The van der Waals surface area contributed by atoms with Crippen molar-refractivity contribution in [3.8, 4) is 0 Å². The standard InChI is InChI=1S/C8H15N3O2S.HI/c1-14-8-9-5-11(6-10-8)4-2-3-7(12)13;/h2-6H2,1H3,(H,9,10)(H,12,13);1H. The lowest BCUT2D eigenvalue weighted by Gasteiger charge is -2.20. The SMILES string of the molecule is CSC1=[NH+]CN(CCCC(=O)O)CN1.[I-]. The summed E-state index contributed by atoms with van der Waals surface area (Å²) in [5.41, 5.74) is 0. The number of hydrogen-bond acceptors (Lipinski definition) is 4. The lowest BCUT2D eigenvalue weighted by molar-refractivity contribution is -0.490. The topological polar surface area (TPSA) is 66.5 Å². The van der Waals surface area contributed by atoms with Gasteiger partial charge in [0.25, 0.3) is 0 Å². The fourth-order valence-corrected chi connectivity index (χ4v) is 1.66. The molecule has 0 atom stereocenters. The molecular weight excluding hydrogens is 329 g/mol. The molecule has 15 heavy (non-hydrogen) atoms. The number of rotatable bonds is 4. The van der Waals surface area contributed by atoms with Crippen molar-refractivity contribution in [1.29, 1.82) is 0 Å². The Labute approximate surface area is 111 Å². The minimum Gasteiger partial charge on any atom is -1.00 e. The van der Waals surface area contributed by atoms with Gasteiger partial charge in [-0.25, -0.2) is 4.90 Å². The van der Waals surface area contributed by atoms with Gasteiger partial charge in [0.15, 0.2) is 0 Å². The molecule has 0 bridgehead atoms. The van der Waals surface area contributed by atoms with Crippen LogP contribution in [-0.4, -0.2) is 47.3 Å². The predicted octanol–water partition coefficient (Wildman–Crippen LogP) is -4.52. The summed E-state index contributed by atoms with van der Waals surface area (Å²) in [6.07, 6.45) is 2.96. The summed E-state index contributed by atoms with van der Waals surface area (Å²) in [6.45, 7) is 2.40. The van der Waals surface area contributed by atoms with Gasteiger partial charge in [0.1, 0.15) is 13.3 Å². The van der Waals surface area contributed by atoms with Gasteiger partial charge in [-0.2, -0.15) is 0 Å². The summed E-state index contributed by atoms with van der Waals surface area (Å²) in [5.74, 6) is -0.723. The molecule has 0 saturated heterocycles. The van der Waals surface area contributed by atoms with Crippen molar-refractivity contribution in [2.45, 2.75) is 12.8 Å². The molecule has 7 heteroatoms. The van der Waals surface area contributed by atoms with Crippen LogP contribution in [0.1, 0.15) is 12.8 Å². The molecule has 0 amide bonds. The Kier molecular flexibility index (Phi) is 8.16. The van der Waals surface area contributed by atoms with Crippen molar-refractivity contribution in [2.75, 3.05) is 26.1 Å². The van der Waals surface area contributed by atoms with E-state index in [0.717, 1.165) is 25.0 Å². The first-order valence-electron chi connectivity index (χ1n) is 4.55. The van der Waals surface area contributed by atoms with Crippen LogP contribution in [0.3, 0.4) is 0 Å². The van der Waals surface area contributed by atoms with Gasteiger partial charge in [-0.15, -0.1) is 0 Å². The van der Waals surface area contributed by atoms with Crippen molar-refractivity contribution in [2.24, 2.45) is 0 Å². The molecule has 0 fully saturated rings. The number of nitrogens with one attached hydrogen (secondary N) is 2. The van der Waals surface area contributed by atoms with Gasteiger partial charge in [0.2, 0.25) is 0 Å². The fourth-order valence-electron chi connectivity index (χ4n) is 1.24. The zero-order valence-electron chi connectivity index (χ0n) is 8.62. The lowest BCUT2D eigenvalue weighted by Crippen LogP contribution is -3.00. The van der Waals surface area contributed by atoms with Crippen molar-refractivity contribution in [3.05, 3.63) is 0 Å². The van der Waals surface area contributed by atoms with E-state index in [1.165, 1.54) is 0 Å². The summed E-state index contributed by atoms with van der Waals surface area (Å²) >= 11 is 1.65. The maximum atomic E-state index is 10.3. The van der Waals surface area contributed by atoms with Crippen LogP contribution in [0.2, 0.25) is 0 Å². The summed E-state index contributed by atoms with van der Waals surface area (Å²) in [7, 11) is 0. The molecule has 0 saturated carbocycles. The van der Waals surface area contributed by atoms with E-state index in [0.29, 0.717) is 6.42 Å². The van der Waals surface area contributed by atoms with Crippen molar-refractivity contribution < 1.29 is 38.9 Å². The fraction of sp³-hybridized carbons (Fsp3) is 0.750. The molecule has 3 N–H and O–H groups in total. The Morgan fingerprint density at radius 2 is 2.47 bits per heavy atom. The quantitative estimate of drug-likeness (QED) is 0.448. The molecule has 5 nitrogen and oxygen atoms in total. The minimum absolute atomic E-state index is 0. The Morgan fingerprint density at radius 3 is 2.93 bits per heavy atom. The molecule has 0 aromatic rings. The van der Waals surface area contributed by atoms with Gasteiger partial charge in [-0.1, -0.05) is 0 Å². The van der Waals surface area contributed by atoms with E-state index in [4.69, 9.17) is 5.11 Å². The van der Waals surface area contributed by atoms with E-state index in [2.05, 4.69) is 15.2 Å². The zero-order chi connectivity index (χ0) is 10.4. The molecule has 1 heterocycles. The van der Waals surface area contributed by atoms with E-state index in [9.17, 15) is 4.79 Å². The summed E-state index contributed by atoms with van der Waals surface area (Å²) in [6, 6.07) is 0. The Bertz CT molecular complexity index is 238. The molecule has 1 rings (SSSR count). The number of carbonyl (C=O) groups is 1. The average molecular weight is 345 g/mol. The number of halogens is 1. The van der Waals surface area contributed by atoms with E-state index in [1.54, 1.807) is 11.8 Å². The minimum atomic E-state index is -0.723. The summed E-state index contributed by atoms with van der Waals surface area (Å²) < 4.78 is 0. The molecule has 0 aromatic carbocycles. The van der Waals surface area contributed by atoms with Crippen molar-refractivity contribution in [3.63, 3.8) is 0 Å². The third kappa shape index (κ3) is 6.21. The normalized spacial score (nSPS) is 16.2. The number of aliphatic carboxylic acids is 1. The van der Waals surface area contributed by atoms with Gasteiger partial charge >= 0.3 is 11.1 Å². The first-order valence-corrected chi connectivity index (χ1v) is 5.77. The molecule has 0 aromatic heterocycles. The molecule has 0 unspecified atom stereocenters. The van der Waals surface area contributed by atoms with Crippen LogP contribution in [0.15, 0.2) is 0 Å². The van der Waals surface area contributed by atoms with Crippen LogP contribution in [0.4, 0.5) is 0 Å². The second-order valence-electron chi connectivity index (χ2n) is 3.09. The number of thioether (sulfide) groups is 1. The van der Waals surface area contributed by atoms with Crippen LogP contribution in [-0.2, 0) is 4.79 Å². The van der Waals surface area contributed by atoms with Gasteiger partial charge < -0.3 is 29.1 Å². The number of nitrogens with zero attached hydrogens (tertiary/aromatic N) is 1. The average Bonchev–Trinajstić information content (AvgIpc) is 2.18. The van der Waals surface area contributed by atoms with Gasteiger partial charge in [-0.3, -0.25) is 15.1 Å². The zero-order valence-corrected chi connectivity index (χ0v) is 11.6. The first-order chi connectivity index (χ1) is 6.72. The second-order valence-corrected chi connectivity index (χ2v) is 3.91.